The first-order valence-corrected chi connectivity index (χ1v) is 48.9. The SMILES string of the molecule is CCn1cc(-c2cnc3ccc(N(CCCNCC(F)(F)F)c4cc(OC)cc(OC)c4)cc3n2)cn1.COc1cc(OC)cc(N(CC(O)CN(C(=O)CCl)C(C)C)c2ccc3ncc(-c4cnn(C)c4)nc3c2)c1.COc1cc(OC)cc(N(CC(O)Cn2ncnc2C)c2ccc3ncc(-c4cnn(C)c4)nc3c2)c1.COc1cc(OC)cc(N(CC2CN(C(C)C)C(=O)O2)c2ccc3ncc(-c4ccn(C)c4)nc3c2)c1. The number of halogens is 4. The number of aryl methyl sites for hydroxylation is 5. The summed E-state index contributed by atoms with van der Waals surface area (Å²) < 4.78 is 96.3. The summed E-state index contributed by atoms with van der Waals surface area (Å²) in [5.74, 6) is 5.37. The highest BCUT2D eigenvalue weighted by Crippen LogP contribution is 2.42. The van der Waals surface area contributed by atoms with Gasteiger partial charge in [-0.15, -0.1) is 11.6 Å². The van der Waals surface area contributed by atoms with Gasteiger partial charge in [0.15, 0.2) is 0 Å². The third-order valence-corrected chi connectivity index (χ3v) is 25.0. The molecule has 0 aliphatic carbocycles. The number of benzene rings is 8. The summed E-state index contributed by atoms with van der Waals surface area (Å²) in [5.41, 5.74) is 18.9. The number of ether oxygens (including phenoxy) is 9. The number of carbonyl (C=O) groups is 2. The number of alkyl halides is 4. The van der Waals surface area contributed by atoms with Gasteiger partial charge in [-0.25, -0.2) is 34.4 Å². The van der Waals surface area contributed by atoms with Crippen LogP contribution in [0.15, 0.2) is 232 Å². The number of methoxy groups -OCH3 is 8. The van der Waals surface area contributed by atoms with E-state index in [0.717, 1.165) is 125 Å². The topological polar surface area (TPSA) is 381 Å². The number of aliphatic hydroxyl groups excluding tert-OH is 2. The van der Waals surface area contributed by atoms with Crippen LogP contribution in [0.2, 0.25) is 0 Å². The fourth-order valence-corrected chi connectivity index (χ4v) is 17.1. The monoisotopic (exact) mass is 2070 g/mol. The van der Waals surface area contributed by atoms with Gasteiger partial charge in [-0.2, -0.15) is 33.6 Å². The molecule has 10 heterocycles. The fraction of sp³-hybridized carbons (Fsp3) is 0.324. The Morgan fingerprint density at radius 3 is 1.22 bits per heavy atom. The maximum Gasteiger partial charge on any atom is 0.410 e. The van der Waals surface area contributed by atoms with E-state index in [9.17, 15) is 33.0 Å². The predicted molar refractivity (Wildman–Crippen MR) is 570 cm³/mol. The van der Waals surface area contributed by atoms with Crippen molar-refractivity contribution < 1.29 is 75.6 Å². The molecular weight excluding hydrogens is 1950 g/mol. The third kappa shape index (κ3) is 27.3. The van der Waals surface area contributed by atoms with Gasteiger partial charge >= 0.3 is 12.3 Å². The molecule has 0 radical (unpaired) electrons. The lowest BCUT2D eigenvalue weighted by molar-refractivity contribution is -0.131. The third-order valence-electron chi connectivity index (χ3n) is 24.7. The number of amides is 2. The lowest BCUT2D eigenvalue weighted by atomic mass is 10.1. The number of anilines is 8. The van der Waals surface area contributed by atoms with Crippen LogP contribution < -0.4 is 62.8 Å². The van der Waals surface area contributed by atoms with E-state index in [1.165, 1.54) is 6.33 Å². The van der Waals surface area contributed by atoms with Gasteiger partial charge < -0.3 is 92.1 Å². The lowest BCUT2D eigenvalue weighted by Gasteiger charge is -2.32. The summed E-state index contributed by atoms with van der Waals surface area (Å²) >= 11 is 5.82. The van der Waals surface area contributed by atoms with E-state index in [-0.39, 0.29) is 62.2 Å². The second kappa shape index (κ2) is 49.3. The van der Waals surface area contributed by atoms with Crippen LogP contribution in [0.1, 0.15) is 46.9 Å². The molecule has 1 aliphatic heterocycles. The van der Waals surface area contributed by atoms with Gasteiger partial charge in [-0.1, -0.05) is 0 Å². The Hall–Kier alpha value is -16.5. The summed E-state index contributed by atoms with van der Waals surface area (Å²) in [6.45, 7) is 13.8. The van der Waals surface area contributed by atoms with E-state index >= 15 is 0 Å². The molecule has 150 heavy (non-hydrogen) atoms. The van der Waals surface area contributed by atoms with Crippen molar-refractivity contribution in [2.24, 2.45) is 21.1 Å². The largest absolute Gasteiger partial charge is 0.497 e. The van der Waals surface area contributed by atoms with Crippen LogP contribution in [-0.2, 0) is 43.8 Å². The summed E-state index contributed by atoms with van der Waals surface area (Å²) in [5, 5.41) is 41.7. The molecule has 42 heteroatoms. The summed E-state index contributed by atoms with van der Waals surface area (Å²) in [6.07, 6.45) is 17.4. The zero-order valence-electron chi connectivity index (χ0n) is 86.4. The second-order valence-electron chi connectivity index (χ2n) is 35.9. The first-order chi connectivity index (χ1) is 72.3. The van der Waals surface area contributed by atoms with Gasteiger partial charge in [0, 0.05) is 224 Å². The number of carbonyl (C=O) groups excluding carboxylic acids is 2. The van der Waals surface area contributed by atoms with Crippen molar-refractivity contribution in [3.05, 3.63) is 238 Å². The molecule has 784 valence electrons. The van der Waals surface area contributed by atoms with Crippen molar-refractivity contribution in [2.45, 2.75) is 97.6 Å². The average molecular weight is 2070 g/mol. The van der Waals surface area contributed by atoms with E-state index in [2.05, 4.69) is 55.5 Å². The van der Waals surface area contributed by atoms with E-state index in [4.69, 9.17) is 74.2 Å². The molecule has 0 spiro atoms. The van der Waals surface area contributed by atoms with Crippen molar-refractivity contribution in [3.63, 3.8) is 0 Å². The van der Waals surface area contributed by atoms with Crippen LogP contribution in [-0.4, -0.2) is 272 Å². The first kappa shape index (κ1) is 108. The molecule has 1 fully saturated rings. The molecular formula is C108H121ClF3N25O13. The molecule has 3 N–H and O–H groups in total. The van der Waals surface area contributed by atoms with Crippen LogP contribution in [0.4, 0.5) is 63.5 Å². The minimum atomic E-state index is -4.25. The van der Waals surface area contributed by atoms with Gasteiger partial charge in [0.25, 0.3) is 0 Å². The lowest BCUT2D eigenvalue weighted by Crippen LogP contribution is -2.45. The van der Waals surface area contributed by atoms with Crippen LogP contribution in [0.3, 0.4) is 0 Å². The predicted octanol–water partition coefficient (Wildman–Crippen LogP) is 17.4. The van der Waals surface area contributed by atoms with Crippen LogP contribution >= 0.6 is 11.6 Å². The van der Waals surface area contributed by atoms with Crippen LogP contribution in [0.25, 0.3) is 89.2 Å². The average Bonchev–Trinajstić information content (AvgIpc) is 1.37. The minimum absolute atomic E-state index is 0.0650. The number of aliphatic hydroxyl groups is 2. The number of aromatic nitrogens is 18. The molecule has 8 aromatic carbocycles. The molecule has 9 aromatic heterocycles. The summed E-state index contributed by atoms with van der Waals surface area (Å²) in [6, 6.07) is 47.5. The van der Waals surface area contributed by atoms with E-state index in [1.807, 2.05) is 257 Å². The normalized spacial score (nSPS) is 12.7. The highest BCUT2D eigenvalue weighted by Gasteiger charge is 2.36. The molecule has 1 aliphatic rings. The smallest absolute Gasteiger partial charge is 0.410 e. The van der Waals surface area contributed by atoms with Crippen molar-refractivity contribution in [3.8, 4) is 91.0 Å². The van der Waals surface area contributed by atoms with Gasteiger partial charge in [-0.05, 0) is 133 Å². The number of nitrogens with one attached hydrogen (secondary N) is 1. The maximum atomic E-state index is 12.5. The molecule has 0 bridgehead atoms. The van der Waals surface area contributed by atoms with E-state index in [0.29, 0.717) is 101 Å². The van der Waals surface area contributed by atoms with Crippen molar-refractivity contribution in [1.82, 2.24) is 104 Å². The van der Waals surface area contributed by atoms with Crippen LogP contribution in [0.5, 0.6) is 46.0 Å². The van der Waals surface area contributed by atoms with Gasteiger partial charge in [-0.3, -0.25) is 38.8 Å². The molecule has 3 unspecified atom stereocenters. The van der Waals surface area contributed by atoms with Crippen molar-refractivity contribution in [1.29, 1.82) is 0 Å². The molecule has 3 atom stereocenters. The number of cyclic esters (lactones) is 1. The minimum Gasteiger partial charge on any atom is -0.497 e. The standard InChI is InChI=1S/C28H33ClN6O4.C28H31N5O4.C26H29F3N6O2.C26H28N8O3/c1-18(2)34(28(37)12-29)16-22(36)17-35(21-8-23(38-4)11-24(9-21)39-5)20-6-7-25-26(10-20)32-27(14-30-25)19-13-31-33(3)15-19;1-18(2)32-16-24(37-28(32)34)17-33(21-10-22(35-4)13-23(11-21)36-5)20-6-7-25-26(12-20)30-27(14-29-25)19-8-9-31(3)15-19;1-4-34-16-18(14-32-34)25-15-31-23-7-6-19(12-24(23)33-25)35(9-5-8-30-17-26(27,28)29)20-10-21(36-2)13-22(11-20)37-3;1-17-28-16-30-34(17)15-21(35)14-33(20-7-22(36-3)10-23(8-20)37-4)19-5-6-24-25(9-19)31-26(12-27-24)18-11-29-32(2)13-18/h6-11,13-15,18,22,36H,12,16-17H2,1-5H3;6-15,18,24H,16-17H2,1-5H3;6-7,10-16,30H,4-5,8-9,17H2,1-3H3;5-13,16,21,35H,14-15H2,1-4H3. The van der Waals surface area contributed by atoms with Crippen molar-refractivity contribution in [2.75, 3.05) is 135 Å². The summed E-state index contributed by atoms with van der Waals surface area (Å²) in [4.78, 5) is 78.1. The van der Waals surface area contributed by atoms with Gasteiger partial charge in [0.2, 0.25) is 5.91 Å². The first-order valence-electron chi connectivity index (χ1n) is 48.3. The zero-order chi connectivity index (χ0) is 107. The number of hydrogen-bond acceptors (Lipinski definition) is 31. The Kier molecular flexibility index (Phi) is 35.4. The Balaban J connectivity index is 0.000000149. The van der Waals surface area contributed by atoms with Crippen LogP contribution in [0, 0.1) is 6.92 Å². The van der Waals surface area contributed by atoms with E-state index < -0.39 is 24.9 Å². The fourth-order valence-electron chi connectivity index (χ4n) is 16.9. The Labute approximate surface area is 870 Å². The number of nitrogens with zero attached hydrogens (tertiary/aromatic N) is 24. The Bertz CT molecular complexity index is 7400. The molecule has 2 amide bonds. The highest BCUT2D eigenvalue weighted by atomic mass is 35.5. The summed E-state index contributed by atoms with van der Waals surface area (Å²) in [7, 11) is 18.5. The second-order valence-corrected chi connectivity index (χ2v) is 36.2. The van der Waals surface area contributed by atoms with Gasteiger partial charge in [0.05, 0.1) is 219 Å². The molecule has 17 aromatic rings. The quantitative estimate of drug-likeness (QED) is 0.0238. The molecule has 0 saturated carbocycles. The number of rotatable bonds is 39. The Morgan fingerprint density at radius 1 is 0.473 bits per heavy atom. The maximum absolute atomic E-state index is 12.5. The Morgan fingerprint density at radius 2 is 0.867 bits per heavy atom. The molecule has 1 saturated heterocycles. The molecule has 38 nitrogen and oxygen atoms in total. The highest BCUT2D eigenvalue weighted by molar-refractivity contribution is 6.27. The number of hydrogen-bond donors (Lipinski definition) is 3. The van der Waals surface area contributed by atoms with Crippen molar-refractivity contribution >= 4 is 113 Å². The molecule has 18 rings (SSSR count). The number of fused-ring (bicyclic) bond motifs is 4. The van der Waals surface area contributed by atoms with E-state index in [1.54, 1.807) is 136 Å². The zero-order valence-corrected chi connectivity index (χ0v) is 87.2. The van der Waals surface area contributed by atoms with Gasteiger partial charge in [0.1, 0.15) is 70.1 Å².